The summed E-state index contributed by atoms with van der Waals surface area (Å²) in [6, 6.07) is 15.5. The predicted octanol–water partition coefficient (Wildman–Crippen LogP) is 5.75. The van der Waals surface area contributed by atoms with Crippen LogP contribution in [0.3, 0.4) is 0 Å². The number of furan rings is 1. The van der Waals surface area contributed by atoms with Crippen LogP contribution in [0.15, 0.2) is 65.3 Å². The number of fused-ring (bicyclic) bond motifs is 3. The highest BCUT2D eigenvalue weighted by Crippen LogP contribution is 2.37. The Morgan fingerprint density at radius 1 is 1.13 bits per heavy atom. The third-order valence-electron chi connectivity index (χ3n) is 5.77. The molecule has 0 radical (unpaired) electrons. The van der Waals surface area contributed by atoms with E-state index >= 15 is 0 Å². The van der Waals surface area contributed by atoms with Gasteiger partial charge in [0, 0.05) is 35.8 Å². The summed E-state index contributed by atoms with van der Waals surface area (Å²) in [5.74, 6) is 0.609. The predicted molar refractivity (Wildman–Crippen MR) is 117 cm³/mol. The normalized spacial score (nSPS) is 16.7. The maximum absolute atomic E-state index is 13.2. The maximum atomic E-state index is 13.2. The lowest BCUT2D eigenvalue weighted by atomic mass is 9.97. The van der Waals surface area contributed by atoms with Gasteiger partial charge in [0.05, 0.1) is 18.8 Å². The van der Waals surface area contributed by atoms with Crippen LogP contribution in [0.1, 0.15) is 30.9 Å². The average molecular weight is 401 g/mol. The van der Waals surface area contributed by atoms with E-state index in [-0.39, 0.29) is 12.1 Å². The number of hydrogen-bond donors (Lipinski definition) is 1. The molecule has 30 heavy (non-hydrogen) atoms. The number of rotatable bonds is 3. The van der Waals surface area contributed by atoms with Crippen molar-refractivity contribution in [3.05, 3.63) is 66.5 Å². The summed E-state index contributed by atoms with van der Waals surface area (Å²) in [4.78, 5) is 19.4. The minimum atomic E-state index is -0.141. The van der Waals surface area contributed by atoms with Gasteiger partial charge in [-0.05, 0) is 43.0 Å². The van der Waals surface area contributed by atoms with Crippen molar-refractivity contribution >= 4 is 33.7 Å². The smallest absolute Gasteiger partial charge is 0.322 e. The Hall–Kier alpha value is -3.54. The summed E-state index contributed by atoms with van der Waals surface area (Å²) in [5, 5.41) is 5.04. The summed E-state index contributed by atoms with van der Waals surface area (Å²) in [6.07, 6.45) is 6.61. The highest BCUT2D eigenvalue weighted by Gasteiger charge is 2.29. The van der Waals surface area contributed by atoms with Crippen LogP contribution in [-0.2, 0) is 0 Å². The van der Waals surface area contributed by atoms with Crippen molar-refractivity contribution in [2.75, 3.05) is 19.0 Å². The monoisotopic (exact) mass is 401 g/mol. The Bertz CT molecular complexity index is 1200. The van der Waals surface area contributed by atoms with Crippen molar-refractivity contribution in [2.45, 2.75) is 25.3 Å². The van der Waals surface area contributed by atoms with E-state index < -0.39 is 0 Å². The number of pyridine rings is 1. The van der Waals surface area contributed by atoms with E-state index in [0.717, 1.165) is 46.8 Å². The molecule has 1 atom stereocenters. The number of hydrogen-bond acceptors (Lipinski definition) is 4. The molecule has 0 aliphatic carbocycles. The van der Waals surface area contributed by atoms with E-state index in [9.17, 15) is 4.79 Å². The number of para-hydroxylation sites is 1. The van der Waals surface area contributed by atoms with E-state index in [1.807, 2.05) is 59.6 Å². The lowest BCUT2D eigenvalue weighted by Gasteiger charge is -2.36. The summed E-state index contributed by atoms with van der Waals surface area (Å²) < 4.78 is 11.6. The number of ether oxygens (including phenoxy) is 1. The van der Waals surface area contributed by atoms with Crippen LogP contribution >= 0.6 is 0 Å². The molecule has 4 aromatic rings. The third-order valence-corrected chi connectivity index (χ3v) is 5.77. The molecule has 0 saturated carbocycles. The Kier molecular flexibility index (Phi) is 4.75. The van der Waals surface area contributed by atoms with Crippen LogP contribution < -0.4 is 10.1 Å². The van der Waals surface area contributed by atoms with Gasteiger partial charge in [-0.2, -0.15) is 0 Å². The Morgan fingerprint density at radius 3 is 2.87 bits per heavy atom. The number of carbonyl (C=O) groups excluding carboxylic acids is 1. The minimum Gasteiger partial charge on any atom is -0.495 e. The number of nitrogens with one attached hydrogen (secondary N) is 1. The van der Waals surface area contributed by atoms with Gasteiger partial charge in [0.1, 0.15) is 16.9 Å². The molecule has 6 heteroatoms. The molecular formula is C24H23N3O3. The molecular weight excluding hydrogens is 378 g/mol. The number of benzene rings is 2. The zero-order valence-corrected chi connectivity index (χ0v) is 16.8. The second-order valence-corrected chi connectivity index (χ2v) is 7.57. The SMILES string of the molecule is COc1cc2c(cc1NC(=O)N1CCCC[C@H]1c1cccnc1)oc1ccccc12. The highest BCUT2D eigenvalue weighted by atomic mass is 16.5. The number of urea groups is 1. The molecule has 1 fully saturated rings. The molecule has 5 rings (SSSR count). The molecule has 1 aliphatic heterocycles. The van der Waals surface area contributed by atoms with Crippen molar-refractivity contribution in [2.24, 2.45) is 0 Å². The van der Waals surface area contributed by atoms with Crippen LogP contribution in [-0.4, -0.2) is 29.6 Å². The first-order chi connectivity index (χ1) is 14.7. The van der Waals surface area contributed by atoms with Crippen molar-refractivity contribution < 1.29 is 13.9 Å². The van der Waals surface area contributed by atoms with Gasteiger partial charge in [-0.3, -0.25) is 4.98 Å². The third kappa shape index (κ3) is 3.24. The van der Waals surface area contributed by atoms with Crippen LogP contribution in [0.2, 0.25) is 0 Å². The van der Waals surface area contributed by atoms with E-state index in [0.29, 0.717) is 18.0 Å². The topological polar surface area (TPSA) is 67.6 Å². The fraction of sp³-hybridized carbons (Fsp3) is 0.250. The van der Waals surface area contributed by atoms with Gasteiger partial charge in [-0.1, -0.05) is 24.3 Å². The zero-order chi connectivity index (χ0) is 20.5. The number of nitrogens with zero attached hydrogens (tertiary/aromatic N) is 2. The molecule has 6 nitrogen and oxygen atoms in total. The summed E-state index contributed by atoms with van der Waals surface area (Å²) in [5.41, 5.74) is 3.19. The lowest BCUT2D eigenvalue weighted by Crippen LogP contribution is -2.41. The van der Waals surface area contributed by atoms with E-state index in [1.54, 1.807) is 13.3 Å². The number of carbonyl (C=O) groups is 1. The summed E-state index contributed by atoms with van der Waals surface area (Å²) >= 11 is 0. The second-order valence-electron chi connectivity index (χ2n) is 7.57. The van der Waals surface area contributed by atoms with Crippen LogP contribution in [0.5, 0.6) is 5.75 Å². The fourth-order valence-corrected chi connectivity index (χ4v) is 4.30. The summed E-state index contributed by atoms with van der Waals surface area (Å²) in [7, 11) is 1.61. The molecule has 3 heterocycles. The molecule has 0 bridgehead atoms. The molecule has 2 aromatic heterocycles. The van der Waals surface area contributed by atoms with Crippen LogP contribution in [0, 0.1) is 0 Å². The van der Waals surface area contributed by atoms with Crippen LogP contribution in [0.4, 0.5) is 10.5 Å². The number of amides is 2. The molecule has 1 aliphatic rings. The molecule has 0 spiro atoms. The zero-order valence-electron chi connectivity index (χ0n) is 16.8. The Balaban J connectivity index is 1.48. The van der Waals surface area contributed by atoms with Crippen molar-refractivity contribution in [1.82, 2.24) is 9.88 Å². The fourth-order valence-electron chi connectivity index (χ4n) is 4.30. The Labute approximate surface area is 174 Å². The van der Waals surface area contributed by atoms with E-state index in [2.05, 4.69) is 10.3 Å². The molecule has 1 saturated heterocycles. The first-order valence-corrected chi connectivity index (χ1v) is 10.2. The van der Waals surface area contributed by atoms with Gasteiger partial charge in [0.15, 0.2) is 0 Å². The van der Waals surface area contributed by atoms with E-state index in [4.69, 9.17) is 9.15 Å². The van der Waals surface area contributed by atoms with Crippen molar-refractivity contribution in [1.29, 1.82) is 0 Å². The maximum Gasteiger partial charge on any atom is 0.322 e. The van der Waals surface area contributed by atoms with E-state index in [1.165, 1.54) is 0 Å². The Morgan fingerprint density at radius 2 is 2.03 bits per heavy atom. The molecule has 2 aromatic carbocycles. The highest BCUT2D eigenvalue weighted by molar-refractivity contribution is 6.07. The van der Waals surface area contributed by atoms with Gasteiger partial charge in [-0.15, -0.1) is 0 Å². The first kappa shape index (κ1) is 18.5. The average Bonchev–Trinajstić information content (AvgIpc) is 3.16. The minimum absolute atomic E-state index is 0.0216. The number of methoxy groups -OCH3 is 1. The van der Waals surface area contributed by atoms with Crippen LogP contribution in [0.25, 0.3) is 21.9 Å². The second kappa shape index (κ2) is 7.71. The number of likely N-dealkylation sites (tertiary alicyclic amines) is 1. The quantitative estimate of drug-likeness (QED) is 0.475. The van der Waals surface area contributed by atoms with Gasteiger partial charge in [0.2, 0.25) is 0 Å². The lowest BCUT2D eigenvalue weighted by molar-refractivity contribution is 0.163. The number of piperidine rings is 1. The molecule has 0 unspecified atom stereocenters. The number of anilines is 1. The van der Waals surface area contributed by atoms with Gasteiger partial charge in [-0.25, -0.2) is 4.79 Å². The van der Waals surface area contributed by atoms with Gasteiger partial charge < -0.3 is 19.4 Å². The molecule has 1 N–H and O–H groups in total. The van der Waals surface area contributed by atoms with Gasteiger partial charge >= 0.3 is 6.03 Å². The van der Waals surface area contributed by atoms with Gasteiger partial charge in [0.25, 0.3) is 0 Å². The van der Waals surface area contributed by atoms with Crippen molar-refractivity contribution in [3.8, 4) is 5.75 Å². The first-order valence-electron chi connectivity index (χ1n) is 10.2. The molecule has 2 amide bonds. The standard InChI is InChI=1S/C24H23N3O3/c1-29-23-13-18-17-8-2-3-10-21(17)30-22(18)14-19(23)26-24(28)27-12-5-4-9-20(27)16-7-6-11-25-15-16/h2-3,6-8,10-11,13-15,20H,4-5,9,12H2,1H3,(H,26,28)/t20-/m0/s1. The van der Waals surface area contributed by atoms with Crippen molar-refractivity contribution in [3.63, 3.8) is 0 Å². The largest absolute Gasteiger partial charge is 0.495 e. The summed E-state index contributed by atoms with van der Waals surface area (Å²) in [6.45, 7) is 0.709. The molecule has 152 valence electrons. The number of aromatic nitrogens is 1.